The van der Waals surface area contributed by atoms with E-state index in [1.54, 1.807) is 11.3 Å². The number of carbonyl (C=O) groups is 1. The fraction of sp³-hybridized carbons (Fsp3) is 0.217. The predicted molar refractivity (Wildman–Crippen MR) is 117 cm³/mol. The normalized spacial score (nSPS) is 16.3. The van der Waals surface area contributed by atoms with Crippen LogP contribution in [0.25, 0.3) is 0 Å². The van der Waals surface area contributed by atoms with Gasteiger partial charge >= 0.3 is 6.18 Å². The molecule has 2 heterocycles. The molecule has 0 saturated heterocycles. The SMILES string of the molecule is CN1CC(CNC(=O)c2ccc(C(F)(F)F)cc2)N=C(c2ccsc2)c2ccccc21. The van der Waals surface area contributed by atoms with Gasteiger partial charge in [-0.3, -0.25) is 9.79 Å². The largest absolute Gasteiger partial charge is 0.416 e. The molecule has 1 aliphatic rings. The van der Waals surface area contributed by atoms with Crippen molar-refractivity contribution in [3.63, 3.8) is 0 Å². The number of likely N-dealkylation sites (N-methyl/N-ethyl adjacent to an activating group) is 1. The van der Waals surface area contributed by atoms with E-state index in [4.69, 9.17) is 4.99 Å². The molecule has 0 bridgehead atoms. The first kappa shape index (κ1) is 21.1. The van der Waals surface area contributed by atoms with E-state index in [0.29, 0.717) is 6.54 Å². The molecule has 160 valence electrons. The van der Waals surface area contributed by atoms with Crippen molar-refractivity contribution in [2.45, 2.75) is 12.2 Å². The summed E-state index contributed by atoms with van der Waals surface area (Å²) in [6, 6.07) is 14.0. The number of benzodiazepines with no additional fused rings is 1. The number of hydrogen-bond acceptors (Lipinski definition) is 4. The first-order valence-electron chi connectivity index (χ1n) is 9.69. The van der Waals surface area contributed by atoms with E-state index < -0.39 is 17.6 Å². The lowest BCUT2D eigenvalue weighted by molar-refractivity contribution is -0.137. The summed E-state index contributed by atoms with van der Waals surface area (Å²) < 4.78 is 38.2. The molecule has 0 fully saturated rings. The minimum atomic E-state index is -4.43. The number of nitrogens with one attached hydrogen (secondary N) is 1. The van der Waals surface area contributed by atoms with E-state index in [9.17, 15) is 18.0 Å². The number of benzene rings is 2. The van der Waals surface area contributed by atoms with Gasteiger partial charge in [-0.2, -0.15) is 24.5 Å². The third kappa shape index (κ3) is 4.64. The van der Waals surface area contributed by atoms with Gasteiger partial charge in [-0.1, -0.05) is 18.2 Å². The van der Waals surface area contributed by atoms with E-state index in [2.05, 4.69) is 10.2 Å². The Morgan fingerprint density at radius 1 is 1.16 bits per heavy atom. The van der Waals surface area contributed by atoms with Crippen molar-refractivity contribution in [2.24, 2.45) is 4.99 Å². The van der Waals surface area contributed by atoms with Crippen molar-refractivity contribution >= 4 is 28.6 Å². The fourth-order valence-electron chi connectivity index (χ4n) is 3.58. The third-order valence-electron chi connectivity index (χ3n) is 5.13. The molecule has 4 rings (SSSR count). The molecule has 1 aliphatic heterocycles. The van der Waals surface area contributed by atoms with E-state index in [-0.39, 0.29) is 18.2 Å². The predicted octanol–water partition coefficient (Wildman–Crippen LogP) is 4.85. The van der Waals surface area contributed by atoms with Crippen LogP contribution in [-0.4, -0.2) is 37.8 Å². The Kier molecular flexibility index (Phi) is 5.82. The number of rotatable bonds is 4. The van der Waals surface area contributed by atoms with Crippen LogP contribution in [0.3, 0.4) is 0 Å². The Labute approximate surface area is 182 Å². The second-order valence-corrected chi connectivity index (χ2v) is 8.11. The van der Waals surface area contributed by atoms with Crippen LogP contribution in [0.2, 0.25) is 0 Å². The van der Waals surface area contributed by atoms with Crippen molar-refractivity contribution in [1.29, 1.82) is 0 Å². The number of alkyl halides is 3. The van der Waals surface area contributed by atoms with Crippen LogP contribution in [0.5, 0.6) is 0 Å². The van der Waals surface area contributed by atoms with Crippen molar-refractivity contribution in [3.05, 3.63) is 87.6 Å². The Hall–Kier alpha value is -3.13. The highest BCUT2D eigenvalue weighted by Gasteiger charge is 2.30. The number of anilines is 1. The lowest BCUT2D eigenvalue weighted by atomic mass is 10.0. The van der Waals surface area contributed by atoms with Crippen molar-refractivity contribution < 1.29 is 18.0 Å². The number of thiophene rings is 1. The second-order valence-electron chi connectivity index (χ2n) is 7.33. The number of halogens is 3. The molecule has 0 aliphatic carbocycles. The maximum atomic E-state index is 12.7. The molecular weight excluding hydrogens is 423 g/mol. The van der Waals surface area contributed by atoms with Gasteiger partial charge in [-0.05, 0) is 41.8 Å². The van der Waals surface area contributed by atoms with Crippen molar-refractivity contribution in [2.75, 3.05) is 25.0 Å². The number of nitrogens with zero attached hydrogens (tertiary/aromatic N) is 2. The van der Waals surface area contributed by atoms with Crippen LogP contribution in [0.15, 0.2) is 70.3 Å². The smallest absolute Gasteiger partial charge is 0.372 e. The van der Waals surface area contributed by atoms with Gasteiger partial charge in [0, 0.05) is 47.9 Å². The van der Waals surface area contributed by atoms with E-state index >= 15 is 0 Å². The molecule has 1 N–H and O–H groups in total. The summed E-state index contributed by atoms with van der Waals surface area (Å²) in [5, 5.41) is 6.85. The number of fused-ring (bicyclic) bond motifs is 1. The third-order valence-corrected chi connectivity index (χ3v) is 5.82. The topological polar surface area (TPSA) is 44.7 Å². The van der Waals surface area contributed by atoms with Gasteiger partial charge in [0.2, 0.25) is 0 Å². The van der Waals surface area contributed by atoms with Crippen LogP contribution in [-0.2, 0) is 6.18 Å². The van der Waals surface area contributed by atoms with Crippen LogP contribution < -0.4 is 10.2 Å². The summed E-state index contributed by atoms with van der Waals surface area (Å²) in [6.07, 6.45) is -4.43. The molecule has 1 unspecified atom stereocenters. The van der Waals surface area contributed by atoms with Crippen LogP contribution >= 0.6 is 11.3 Å². The average molecular weight is 443 g/mol. The molecular formula is C23H20F3N3OS. The zero-order valence-corrected chi connectivity index (χ0v) is 17.5. The second kappa shape index (κ2) is 8.55. The molecule has 0 spiro atoms. The van der Waals surface area contributed by atoms with Gasteiger partial charge in [0.25, 0.3) is 5.91 Å². The molecule has 0 saturated carbocycles. The molecule has 31 heavy (non-hydrogen) atoms. The monoisotopic (exact) mass is 443 g/mol. The highest BCUT2D eigenvalue weighted by molar-refractivity contribution is 7.08. The number of hydrogen-bond donors (Lipinski definition) is 1. The van der Waals surface area contributed by atoms with E-state index in [1.165, 1.54) is 12.1 Å². The maximum Gasteiger partial charge on any atom is 0.416 e. The highest BCUT2D eigenvalue weighted by Crippen LogP contribution is 2.29. The highest BCUT2D eigenvalue weighted by atomic mass is 32.1. The van der Waals surface area contributed by atoms with Gasteiger partial charge in [0.15, 0.2) is 0 Å². The standard InChI is InChI=1S/C23H20F3N3OS/c1-29-13-18(12-27-22(30)15-6-8-17(9-7-15)23(24,25)26)28-21(16-10-11-31-14-16)19-4-2-3-5-20(19)29/h2-11,14,18H,12-13H2,1H3,(H,27,30). The number of aliphatic imine (C=N–C) groups is 1. The van der Waals surface area contributed by atoms with Gasteiger partial charge in [0.1, 0.15) is 0 Å². The van der Waals surface area contributed by atoms with Gasteiger partial charge in [-0.15, -0.1) is 0 Å². The van der Waals surface area contributed by atoms with Crippen LogP contribution in [0, 0.1) is 0 Å². The Morgan fingerprint density at radius 3 is 2.58 bits per heavy atom. The summed E-state index contributed by atoms with van der Waals surface area (Å²) >= 11 is 1.59. The quantitative estimate of drug-likeness (QED) is 0.626. The molecule has 0 radical (unpaired) electrons. The Balaban J connectivity index is 1.53. The Bertz CT molecular complexity index is 1090. The fourth-order valence-corrected chi connectivity index (χ4v) is 4.22. The van der Waals surface area contributed by atoms with Crippen molar-refractivity contribution in [3.8, 4) is 0 Å². The summed E-state index contributed by atoms with van der Waals surface area (Å²) in [5.41, 5.74) is 3.38. The zero-order chi connectivity index (χ0) is 22.0. The first-order valence-corrected chi connectivity index (χ1v) is 10.6. The molecule has 4 nitrogen and oxygen atoms in total. The van der Waals surface area contributed by atoms with Crippen LogP contribution in [0.4, 0.5) is 18.9 Å². The van der Waals surface area contributed by atoms with E-state index in [0.717, 1.165) is 34.7 Å². The lowest BCUT2D eigenvalue weighted by Crippen LogP contribution is -2.37. The molecule has 1 aromatic heterocycles. The van der Waals surface area contributed by atoms with Crippen molar-refractivity contribution in [1.82, 2.24) is 5.32 Å². The summed E-state index contributed by atoms with van der Waals surface area (Å²) in [7, 11) is 1.98. The number of para-hydroxylation sites is 1. The molecule has 1 amide bonds. The van der Waals surface area contributed by atoms with E-state index in [1.807, 2.05) is 48.1 Å². The lowest BCUT2D eigenvalue weighted by Gasteiger charge is -2.22. The minimum absolute atomic E-state index is 0.181. The van der Waals surface area contributed by atoms with Gasteiger partial charge in [0.05, 0.1) is 17.3 Å². The summed E-state index contributed by atoms with van der Waals surface area (Å²) in [5.74, 6) is -0.426. The number of carbonyl (C=O) groups excluding carboxylic acids is 1. The molecule has 2 aromatic carbocycles. The first-order chi connectivity index (χ1) is 14.8. The molecule has 8 heteroatoms. The Morgan fingerprint density at radius 2 is 1.90 bits per heavy atom. The zero-order valence-electron chi connectivity index (χ0n) is 16.7. The van der Waals surface area contributed by atoms with Crippen LogP contribution in [0.1, 0.15) is 27.0 Å². The van der Waals surface area contributed by atoms with Gasteiger partial charge in [-0.25, -0.2) is 0 Å². The summed E-state index contributed by atoms with van der Waals surface area (Å²) in [6.45, 7) is 0.865. The van der Waals surface area contributed by atoms with Gasteiger partial charge < -0.3 is 10.2 Å². The summed E-state index contributed by atoms with van der Waals surface area (Å²) in [4.78, 5) is 19.5. The number of amides is 1. The maximum absolute atomic E-state index is 12.7. The molecule has 1 atom stereocenters. The minimum Gasteiger partial charge on any atom is -0.372 e. The average Bonchev–Trinajstić information content (AvgIpc) is 3.25. The molecule has 3 aromatic rings.